The van der Waals surface area contributed by atoms with E-state index in [0.29, 0.717) is 10.8 Å². The van der Waals surface area contributed by atoms with Gasteiger partial charge in [-0.25, -0.2) is 14.4 Å². The number of rotatable bonds is 4. The lowest BCUT2D eigenvalue weighted by Gasteiger charge is -2.11. The average Bonchev–Trinajstić information content (AvgIpc) is 2.66. The van der Waals surface area contributed by atoms with Gasteiger partial charge in [0, 0.05) is 14.5 Å². The van der Waals surface area contributed by atoms with Gasteiger partial charge in [0.15, 0.2) is 0 Å². The summed E-state index contributed by atoms with van der Waals surface area (Å²) in [6.07, 6.45) is 1.55. The molecule has 0 aliphatic rings. The zero-order valence-electron chi connectivity index (χ0n) is 14.0. The molecule has 0 aliphatic carbocycles. The van der Waals surface area contributed by atoms with E-state index >= 15 is 0 Å². The summed E-state index contributed by atoms with van der Waals surface area (Å²) in [4.78, 5) is 8.75. The Kier molecular flexibility index (Phi) is 5.22. The fraction of sp³-hybridized carbons (Fsp3) is 0.0476. The summed E-state index contributed by atoms with van der Waals surface area (Å²) in [7, 11) is 0. The van der Waals surface area contributed by atoms with Crippen molar-refractivity contribution in [3.8, 4) is 17.0 Å². The standard InChI is InChI=1S/C21H13ClFIN2O/c22-18-9-14(21-17-10-16(24)5-6-19(17)25-12-26-21)4-7-20(18)27-11-13-2-1-3-15(23)8-13/h1-10,12H,11H2. The van der Waals surface area contributed by atoms with Crippen molar-refractivity contribution in [2.24, 2.45) is 0 Å². The van der Waals surface area contributed by atoms with Crippen LogP contribution in [-0.2, 0) is 6.61 Å². The number of hydrogen-bond acceptors (Lipinski definition) is 3. The molecule has 0 atom stereocenters. The number of halogens is 3. The van der Waals surface area contributed by atoms with Crippen molar-refractivity contribution in [2.45, 2.75) is 6.61 Å². The summed E-state index contributed by atoms with van der Waals surface area (Å²) in [5, 5.41) is 1.44. The van der Waals surface area contributed by atoms with Crippen molar-refractivity contribution < 1.29 is 9.13 Å². The van der Waals surface area contributed by atoms with Gasteiger partial charge in [-0.2, -0.15) is 0 Å². The summed E-state index contributed by atoms with van der Waals surface area (Å²) in [5.41, 5.74) is 3.32. The number of nitrogens with zero attached hydrogens (tertiary/aromatic N) is 2. The van der Waals surface area contributed by atoms with Crippen molar-refractivity contribution in [3.63, 3.8) is 0 Å². The average molecular weight is 491 g/mol. The van der Waals surface area contributed by atoms with Crippen LogP contribution in [0.25, 0.3) is 22.2 Å². The molecule has 0 spiro atoms. The van der Waals surface area contributed by atoms with E-state index in [-0.39, 0.29) is 12.4 Å². The fourth-order valence-electron chi connectivity index (χ4n) is 2.81. The molecule has 4 rings (SSSR count). The van der Waals surface area contributed by atoms with E-state index < -0.39 is 0 Å². The second-order valence-electron chi connectivity index (χ2n) is 5.95. The van der Waals surface area contributed by atoms with Crippen LogP contribution in [0.1, 0.15) is 5.56 Å². The first kappa shape index (κ1) is 18.1. The minimum atomic E-state index is -0.289. The molecule has 0 amide bonds. The van der Waals surface area contributed by atoms with E-state index in [9.17, 15) is 4.39 Å². The SMILES string of the molecule is Fc1cccc(COc2ccc(-c3ncnc4ccc(I)cc34)cc2Cl)c1. The van der Waals surface area contributed by atoms with Gasteiger partial charge in [-0.3, -0.25) is 0 Å². The zero-order chi connectivity index (χ0) is 18.8. The first-order chi connectivity index (χ1) is 13.1. The van der Waals surface area contributed by atoms with Gasteiger partial charge < -0.3 is 4.74 Å². The van der Waals surface area contributed by atoms with Crippen LogP contribution in [0, 0.1) is 9.39 Å². The van der Waals surface area contributed by atoms with Crippen LogP contribution in [0.3, 0.4) is 0 Å². The Hall–Kier alpha value is -2.25. The van der Waals surface area contributed by atoms with Crippen LogP contribution < -0.4 is 4.74 Å². The van der Waals surface area contributed by atoms with E-state index in [2.05, 4.69) is 32.6 Å². The second kappa shape index (κ2) is 7.78. The maximum absolute atomic E-state index is 13.3. The lowest BCUT2D eigenvalue weighted by Crippen LogP contribution is -1.97. The predicted octanol–water partition coefficient (Wildman–Crippen LogP) is 6.27. The Morgan fingerprint density at radius 3 is 2.70 bits per heavy atom. The molecule has 0 fully saturated rings. The molecule has 0 aliphatic heterocycles. The van der Waals surface area contributed by atoms with E-state index in [1.165, 1.54) is 12.1 Å². The number of aromatic nitrogens is 2. The van der Waals surface area contributed by atoms with Gasteiger partial charge in [0.2, 0.25) is 0 Å². The maximum Gasteiger partial charge on any atom is 0.138 e. The van der Waals surface area contributed by atoms with Gasteiger partial charge in [0.1, 0.15) is 24.5 Å². The van der Waals surface area contributed by atoms with Crippen molar-refractivity contribution in [2.75, 3.05) is 0 Å². The first-order valence-corrected chi connectivity index (χ1v) is 9.63. The molecule has 3 aromatic carbocycles. The van der Waals surface area contributed by atoms with E-state index in [0.717, 1.165) is 31.3 Å². The lowest BCUT2D eigenvalue weighted by atomic mass is 10.1. The van der Waals surface area contributed by atoms with Gasteiger partial charge in [0.25, 0.3) is 0 Å². The number of benzene rings is 3. The van der Waals surface area contributed by atoms with Crippen LogP contribution in [-0.4, -0.2) is 9.97 Å². The molecule has 0 radical (unpaired) electrons. The van der Waals surface area contributed by atoms with Gasteiger partial charge in [-0.1, -0.05) is 23.7 Å². The Morgan fingerprint density at radius 2 is 1.89 bits per heavy atom. The quantitative estimate of drug-likeness (QED) is 0.316. The molecule has 0 saturated carbocycles. The van der Waals surface area contributed by atoms with Crippen molar-refractivity contribution >= 4 is 45.1 Å². The zero-order valence-corrected chi connectivity index (χ0v) is 16.9. The van der Waals surface area contributed by atoms with Crippen LogP contribution in [0.5, 0.6) is 5.75 Å². The smallest absolute Gasteiger partial charge is 0.138 e. The van der Waals surface area contributed by atoms with Crippen molar-refractivity contribution in [1.82, 2.24) is 9.97 Å². The molecular formula is C21H13ClFIN2O. The summed E-state index contributed by atoms with van der Waals surface area (Å²) < 4.78 is 20.1. The molecular weight excluding hydrogens is 478 g/mol. The largest absolute Gasteiger partial charge is 0.487 e. The molecule has 4 aromatic rings. The Bertz CT molecular complexity index is 1140. The maximum atomic E-state index is 13.3. The molecule has 1 aromatic heterocycles. The molecule has 0 saturated heterocycles. The molecule has 3 nitrogen and oxygen atoms in total. The fourth-order valence-corrected chi connectivity index (χ4v) is 3.54. The number of hydrogen-bond donors (Lipinski definition) is 0. The van der Waals surface area contributed by atoms with Crippen LogP contribution in [0.15, 0.2) is 67.0 Å². The monoisotopic (exact) mass is 490 g/mol. The summed E-state index contributed by atoms with van der Waals surface area (Å²) >= 11 is 8.68. The second-order valence-corrected chi connectivity index (χ2v) is 7.60. The van der Waals surface area contributed by atoms with Gasteiger partial charge in [-0.15, -0.1) is 0 Å². The summed E-state index contributed by atoms with van der Waals surface area (Å²) in [5.74, 6) is 0.250. The third-order valence-corrected chi connectivity index (χ3v) is 5.05. The van der Waals surface area contributed by atoms with Gasteiger partial charge in [0.05, 0.1) is 16.2 Å². The number of ether oxygens (including phenoxy) is 1. The topological polar surface area (TPSA) is 35.0 Å². The molecule has 27 heavy (non-hydrogen) atoms. The van der Waals surface area contributed by atoms with Crippen LogP contribution in [0.2, 0.25) is 5.02 Å². The van der Waals surface area contributed by atoms with Crippen molar-refractivity contribution in [1.29, 1.82) is 0 Å². The molecule has 0 bridgehead atoms. The van der Waals surface area contributed by atoms with Crippen molar-refractivity contribution in [3.05, 3.63) is 87.0 Å². The summed E-state index contributed by atoms with van der Waals surface area (Å²) in [6.45, 7) is 0.242. The molecule has 1 heterocycles. The van der Waals surface area contributed by atoms with Gasteiger partial charge >= 0.3 is 0 Å². The van der Waals surface area contributed by atoms with E-state index in [1.807, 2.05) is 30.3 Å². The summed E-state index contributed by atoms with van der Waals surface area (Å²) in [6, 6.07) is 17.9. The van der Waals surface area contributed by atoms with Crippen LogP contribution in [0.4, 0.5) is 4.39 Å². The minimum Gasteiger partial charge on any atom is -0.487 e. The lowest BCUT2D eigenvalue weighted by molar-refractivity contribution is 0.306. The molecule has 0 N–H and O–H groups in total. The molecule has 6 heteroatoms. The Morgan fingerprint density at radius 1 is 1.00 bits per heavy atom. The highest BCUT2D eigenvalue weighted by Crippen LogP contribution is 2.33. The highest BCUT2D eigenvalue weighted by molar-refractivity contribution is 14.1. The predicted molar refractivity (Wildman–Crippen MR) is 113 cm³/mol. The normalized spacial score (nSPS) is 10.9. The van der Waals surface area contributed by atoms with E-state index in [1.54, 1.807) is 24.5 Å². The van der Waals surface area contributed by atoms with Gasteiger partial charge in [-0.05, 0) is 76.7 Å². The van der Waals surface area contributed by atoms with E-state index in [4.69, 9.17) is 16.3 Å². The minimum absolute atomic E-state index is 0.242. The Labute approximate surface area is 174 Å². The Balaban J connectivity index is 1.63. The van der Waals surface area contributed by atoms with Crippen LogP contribution >= 0.6 is 34.2 Å². The highest BCUT2D eigenvalue weighted by atomic mass is 127. The third kappa shape index (κ3) is 4.04. The third-order valence-electron chi connectivity index (χ3n) is 4.09. The molecule has 0 unspecified atom stereocenters. The first-order valence-electron chi connectivity index (χ1n) is 8.17. The molecule has 134 valence electrons. The number of fused-ring (bicyclic) bond motifs is 1. The highest BCUT2D eigenvalue weighted by Gasteiger charge is 2.10.